The van der Waals surface area contributed by atoms with Crippen LogP contribution in [0.1, 0.15) is 23.5 Å². The van der Waals surface area contributed by atoms with Crippen molar-refractivity contribution in [1.82, 2.24) is 0 Å². The third kappa shape index (κ3) is 4.15. The van der Waals surface area contributed by atoms with Gasteiger partial charge in [-0.3, -0.25) is 4.79 Å². The van der Waals surface area contributed by atoms with E-state index in [1.54, 1.807) is 52.7 Å². The van der Waals surface area contributed by atoms with Crippen molar-refractivity contribution in [1.29, 1.82) is 0 Å². The third-order valence-electron chi connectivity index (χ3n) is 4.00. The second-order valence-electron chi connectivity index (χ2n) is 5.37. The van der Waals surface area contributed by atoms with E-state index in [4.69, 9.17) is 18.9 Å². The number of ether oxygens (including phenoxy) is 4. The normalized spacial score (nSPS) is 11.5. The molecule has 2 aromatic rings. The Morgan fingerprint density at radius 1 is 0.880 bits per heavy atom. The molecule has 0 bridgehead atoms. The number of hydrogen-bond acceptors (Lipinski definition) is 5. The van der Waals surface area contributed by atoms with Crippen LogP contribution in [0.25, 0.3) is 0 Å². The summed E-state index contributed by atoms with van der Waals surface area (Å²) in [6.45, 7) is 0. The zero-order valence-electron chi connectivity index (χ0n) is 14.7. The highest BCUT2D eigenvalue weighted by atomic mass is 16.5. The van der Waals surface area contributed by atoms with Gasteiger partial charge in [0.15, 0.2) is 11.5 Å². The molecule has 1 unspecified atom stereocenters. The van der Waals surface area contributed by atoms with Crippen LogP contribution in [0.3, 0.4) is 0 Å². The molecule has 2 rings (SSSR count). The number of carboxylic acids is 1. The van der Waals surface area contributed by atoms with E-state index in [0.29, 0.717) is 23.0 Å². The van der Waals surface area contributed by atoms with Gasteiger partial charge in [-0.1, -0.05) is 12.1 Å². The van der Waals surface area contributed by atoms with Crippen LogP contribution < -0.4 is 18.9 Å². The van der Waals surface area contributed by atoms with Crippen molar-refractivity contribution >= 4 is 5.97 Å². The molecule has 0 aliphatic carbocycles. The molecule has 0 saturated heterocycles. The molecule has 0 heterocycles. The highest BCUT2D eigenvalue weighted by molar-refractivity contribution is 5.70. The highest BCUT2D eigenvalue weighted by Crippen LogP contribution is 2.39. The van der Waals surface area contributed by atoms with Gasteiger partial charge in [0.2, 0.25) is 0 Å². The Balaban J connectivity index is 2.55. The van der Waals surface area contributed by atoms with Crippen molar-refractivity contribution in [2.75, 3.05) is 28.4 Å². The molecule has 25 heavy (non-hydrogen) atoms. The first-order valence-corrected chi connectivity index (χ1v) is 7.69. The summed E-state index contributed by atoms with van der Waals surface area (Å²) in [5, 5.41) is 9.38. The minimum absolute atomic E-state index is 0.0851. The Morgan fingerprint density at radius 2 is 1.56 bits per heavy atom. The number of benzene rings is 2. The Hall–Kier alpha value is -2.89. The van der Waals surface area contributed by atoms with Crippen LogP contribution in [0.5, 0.6) is 23.0 Å². The molecule has 134 valence electrons. The summed E-state index contributed by atoms with van der Waals surface area (Å²) >= 11 is 0. The average molecular weight is 346 g/mol. The molecule has 0 spiro atoms. The van der Waals surface area contributed by atoms with E-state index in [1.807, 2.05) is 12.1 Å². The van der Waals surface area contributed by atoms with Gasteiger partial charge in [-0.05, 0) is 23.8 Å². The van der Waals surface area contributed by atoms with Crippen LogP contribution in [0.15, 0.2) is 36.4 Å². The quantitative estimate of drug-likeness (QED) is 0.790. The molecular weight excluding hydrogens is 324 g/mol. The molecule has 2 aromatic carbocycles. The molecule has 0 saturated carbocycles. The fourth-order valence-corrected chi connectivity index (χ4v) is 2.76. The number of aliphatic carboxylic acids is 1. The molecule has 6 heteroatoms. The minimum atomic E-state index is -0.905. The number of hydrogen-bond donors (Lipinski definition) is 1. The lowest BCUT2D eigenvalue weighted by Gasteiger charge is -2.20. The van der Waals surface area contributed by atoms with Gasteiger partial charge in [0, 0.05) is 17.5 Å². The monoisotopic (exact) mass is 346 g/mol. The fourth-order valence-electron chi connectivity index (χ4n) is 2.76. The van der Waals surface area contributed by atoms with Gasteiger partial charge in [-0.2, -0.15) is 0 Å². The van der Waals surface area contributed by atoms with E-state index < -0.39 is 11.9 Å². The van der Waals surface area contributed by atoms with Gasteiger partial charge in [-0.15, -0.1) is 0 Å². The number of carbonyl (C=O) groups is 1. The molecule has 1 atom stereocenters. The smallest absolute Gasteiger partial charge is 0.304 e. The van der Waals surface area contributed by atoms with Gasteiger partial charge >= 0.3 is 5.97 Å². The predicted octanol–water partition coefficient (Wildman–Crippen LogP) is 3.33. The highest BCUT2D eigenvalue weighted by Gasteiger charge is 2.23. The summed E-state index contributed by atoms with van der Waals surface area (Å²) in [7, 11) is 6.21. The molecule has 0 aliphatic heterocycles. The third-order valence-corrected chi connectivity index (χ3v) is 4.00. The summed E-state index contributed by atoms with van der Waals surface area (Å²) in [5.41, 5.74) is 1.56. The van der Waals surface area contributed by atoms with Crippen LogP contribution in [-0.2, 0) is 4.79 Å². The first-order valence-electron chi connectivity index (χ1n) is 7.69. The van der Waals surface area contributed by atoms with Gasteiger partial charge in [0.25, 0.3) is 0 Å². The largest absolute Gasteiger partial charge is 0.497 e. The topological polar surface area (TPSA) is 74.2 Å². The van der Waals surface area contributed by atoms with E-state index in [1.165, 1.54) is 0 Å². The lowest BCUT2D eigenvalue weighted by molar-refractivity contribution is -0.137. The van der Waals surface area contributed by atoms with Crippen LogP contribution in [0.2, 0.25) is 0 Å². The molecular formula is C19H22O6. The molecule has 0 aliphatic rings. The van der Waals surface area contributed by atoms with E-state index in [9.17, 15) is 9.90 Å². The van der Waals surface area contributed by atoms with E-state index >= 15 is 0 Å². The van der Waals surface area contributed by atoms with Crippen molar-refractivity contribution in [2.24, 2.45) is 0 Å². The van der Waals surface area contributed by atoms with Crippen LogP contribution in [0.4, 0.5) is 0 Å². The summed E-state index contributed by atoms with van der Waals surface area (Å²) in [6, 6.07) is 10.7. The van der Waals surface area contributed by atoms with E-state index in [2.05, 4.69) is 0 Å². The predicted molar refractivity (Wildman–Crippen MR) is 93.2 cm³/mol. The first-order chi connectivity index (χ1) is 12.0. The average Bonchev–Trinajstić information content (AvgIpc) is 2.64. The van der Waals surface area contributed by atoms with Crippen LogP contribution in [0, 0.1) is 0 Å². The SMILES string of the molecule is COc1ccc(C(CC(=O)O)c2ccc(OC)c(OC)c2)c(OC)c1. The van der Waals surface area contributed by atoms with Gasteiger partial charge in [-0.25, -0.2) is 0 Å². The summed E-state index contributed by atoms with van der Waals surface area (Å²) in [5.74, 6) is 1.03. The first kappa shape index (κ1) is 18.4. The maximum absolute atomic E-state index is 11.4. The van der Waals surface area contributed by atoms with E-state index in [0.717, 1.165) is 11.1 Å². The summed E-state index contributed by atoms with van der Waals surface area (Å²) in [6.07, 6.45) is -0.0851. The zero-order valence-corrected chi connectivity index (χ0v) is 14.7. The molecule has 0 aromatic heterocycles. The summed E-state index contributed by atoms with van der Waals surface area (Å²) < 4.78 is 21.2. The zero-order chi connectivity index (χ0) is 18.4. The molecule has 1 N–H and O–H groups in total. The summed E-state index contributed by atoms with van der Waals surface area (Å²) in [4.78, 5) is 11.4. The van der Waals surface area contributed by atoms with Crippen molar-refractivity contribution in [3.05, 3.63) is 47.5 Å². The number of rotatable bonds is 8. The van der Waals surface area contributed by atoms with Gasteiger partial charge in [0.1, 0.15) is 11.5 Å². The second-order valence-corrected chi connectivity index (χ2v) is 5.37. The lowest BCUT2D eigenvalue weighted by atomic mass is 9.87. The van der Waals surface area contributed by atoms with Gasteiger partial charge in [0.05, 0.1) is 34.9 Å². The van der Waals surface area contributed by atoms with Crippen molar-refractivity contribution in [3.63, 3.8) is 0 Å². The van der Waals surface area contributed by atoms with Crippen molar-refractivity contribution < 1.29 is 28.8 Å². The standard InChI is InChI=1S/C19H22O6/c1-22-13-6-7-14(17(10-13)24-3)15(11-19(20)21)12-5-8-16(23-2)18(9-12)25-4/h5-10,15H,11H2,1-4H3,(H,20,21). The lowest BCUT2D eigenvalue weighted by Crippen LogP contribution is -2.10. The van der Waals surface area contributed by atoms with Crippen molar-refractivity contribution in [3.8, 4) is 23.0 Å². The molecule has 0 amide bonds. The van der Waals surface area contributed by atoms with Crippen molar-refractivity contribution in [2.45, 2.75) is 12.3 Å². The number of methoxy groups -OCH3 is 4. The van der Waals surface area contributed by atoms with Crippen LogP contribution in [-0.4, -0.2) is 39.5 Å². The maximum Gasteiger partial charge on any atom is 0.304 e. The molecule has 0 radical (unpaired) electrons. The van der Waals surface area contributed by atoms with E-state index in [-0.39, 0.29) is 6.42 Å². The number of carboxylic acid groups (broad SMARTS) is 1. The minimum Gasteiger partial charge on any atom is -0.497 e. The fraction of sp³-hybridized carbons (Fsp3) is 0.316. The Labute approximate surface area is 146 Å². The maximum atomic E-state index is 11.4. The van der Waals surface area contributed by atoms with Gasteiger partial charge < -0.3 is 24.1 Å². The Kier molecular flexibility index (Phi) is 6.11. The second kappa shape index (κ2) is 8.28. The van der Waals surface area contributed by atoms with Crippen LogP contribution >= 0.6 is 0 Å². The Bertz CT molecular complexity index is 741. The molecule has 0 fully saturated rings. The Morgan fingerprint density at radius 3 is 2.12 bits per heavy atom. The molecule has 6 nitrogen and oxygen atoms in total.